The molecule has 20 rings (SSSR count). The standard InChI is InChI=1S/C104H78/c1-7-31-79(32-8-1)55-61-85-43-19-25-49-91(85)97-67-98(92-50-26-20-44-86(92)62-56-80-33-9-2-10-34-80)69-99(68-97,93-51-27-21-45-87(93)63-57-81-35-11-3-12-36-81)75-103(73-97,74-98)104-76-100(94-52-28-22-46-88(94)64-58-82-37-13-4-14-38-82)70-101(77-104,95-53-29-23-47-89(95)65-59-83-39-15-5-16-40-83)72-102(71-100,78-104)96-54-30-24-48-90(96)66-60-84-41-17-6-18-42-84/h1-54H,67-78H2. The van der Waals surface area contributed by atoms with E-state index in [9.17, 15) is 0 Å². The molecule has 494 valence electrons. The normalized spacial score (nSPS) is 25.3. The minimum absolute atomic E-state index is 0.329. The van der Waals surface area contributed by atoms with Gasteiger partial charge < -0.3 is 0 Å². The summed E-state index contributed by atoms with van der Waals surface area (Å²) >= 11 is 0. The molecule has 104 heavy (non-hydrogen) atoms. The van der Waals surface area contributed by atoms with E-state index in [4.69, 9.17) is 0 Å². The van der Waals surface area contributed by atoms with Gasteiger partial charge >= 0.3 is 0 Å². The summed E-state index contributed by atoms with van der Waals surface area (Å²) in [4.78, 5) is 0. The Morgan fingerprint density at radius 2 is 0.269 bits per heavy atom. The van der Waals surface area contributed by atoms with E-state index < -0.39 is 0 Å². The minimum Gasteiger partial charge on any atom is -0.0622 e. The summed E-state index contributed by atoms with van der Waals surface area (Å²) in [6.07, 6.45) is 11.8. The fourth-order valence-electron chi connectivity index (χ4n) is 22.4. The molecule has 8 aliphatic rings. The Bertz CT molecular complexity index is 4750. The van der Waals surface area contributed by atoms with Crippen molar-refractivity contribution in [2.45, 2.75) is 110 Å². The zero-order valence-corrected chi connectivity index (χ0v) is 58.7. The Labute approximate surface area is 615 Å². The predicted octanol–water partition coefficient (Wildman–Crippen LogP) is 21.7. The van der Waals surface area contributed by atoms with Crippen LogP contribution >= 0.6 is 0 Å². The van der Waals surface area contributed by atoms with Crippen molar-refractivity contribution >= 4 is 0 Å². The molecule has 0 radical (unpaired) electrons. The van der Waals surface area contributed by atoms with Crippen molar-refractivity contribution in [1.29, 1.82) is 0 Å². The lowest BCUT2D eigenvalue weighted by molar-refractivity contribution is -0.237. The van der Waals surface area contributed by atoms with Gasteiger partial charge in [-0.15, -0.1) is 0 Å². The molecule has 8 saturated carbocycles. The third-order valence-corrected chi connectivity index (χ3v) is 24.9. The second kappa shape index (κ2) is 26.1. The van der Waals surface area contributed by atoms with Gasteiger partial charge in [0.15, 0.2) is 0 Å². The van der Waals surface area contributed by atoms with Crippen LogP contribution in [0.4, 0.5) is 0 Å². The topological polar surface area (TPSA) is 0 Å². The van der Waals surface area contributed by atoms with Crippen LogP contribution in [0.2, 0.25) is 0 Å². The summed E-state index contributed by atoms with van der Waals surface area (Å²) in [6.45, 7) is 0. The highest BCUT2D eigenvalue weighted by Crippen LogP contribution is 2.86. The van der Waals surface area contributed by atoms with Gasteiger partial charge in [0.05, 0.1) is 0 Å². The smallest absolute Gasteiger partial charge is 0.0286 e. The Morgan fingerprint density at radius 1 is 0.135 bits per heavy atom. The second-order valence-corrected chi connectivity index (χ2v) is 31.3. The highest BCUT2D eigenvalue weighted by molar-refractivity contribution is 5.63. The van der Waals surface area contributed by atoms with Crippen molar-refractivity contribution in [3.8, 4) is 71.0 Å². The summed E-state index contributed by atoms with van der Waals surface area (Å²) in [5, 5.41) is 0. The maximum atomic E-state index is 3.95. The predicted molar refractivity (Wildman–Crippen MR) is 424 cm³/mol. The maximum absolute atomic E-state index is 3.95. The molecular formula is C104H78. The molecule has 0 atom stereocenters. The van der Waals surface area contributed by atoms with E-state index in [1.54, 1.807) is 0 Å². The molecule has 0 heteroatoms. The molecule has 0 unspecified atom stereocenters. The molecule has 0 saturated heterocycles. The van der Waals surface area contributed by atoms with E-state index in [1.807, 2.05) is 0 Å². The summed E-state index contributed by atoms with van der Waals surface area (Å²) in [5.74, 6) is 46.1. The molecule has 0 aromatic heterocycles. The number of rotatable bonds is 7. The molecule has 8 bridgehead atoms. The molecule has 12 aromatic rings. The van der Waals surface area contributed by atoms with Crippen LogP contribution < -0.4 is 0 Å². The van der Waals surface area contributed by atoms with E-state index in [-0.39, 0.29) is 43.3 Å². The molecule has 0 aliphatic heterocycles. The lowest BCUT2D eigenvalue weighted by Crippen LogP contribution is -2.75. The van der Waals surface area contributed by atoms with E-state index in [1.165, 1.54) is 33.4 Å². The third kappa shape index (κ3) is 11.5. The van der Waals surface area contributed by atoms with Gasteiger partial charge in [-0.3, -0.25) is 0 Å². The highest BCUT2D eigenvalue weighted by atomic mass is 14.8. The number of hydrogen-bond acceptors (Lipinski definition) is 0. The molecule has 0 amide bonds. The summed E-state index contributed by atoms with van der Waals surface area (Å²) in [5.41, 5.74) is 18.0. The van der Waals surface area contributed by atoms with Crippen molar-refractivity contribution in [2.75, 3.05) is 0 Å². The van der Waals surface area contributed by atoms with E-state index >= 15 is 0 Å². The van der Waals surface area contributed by atoms with E-state index in [0.29, 0.717) is 0 Å². The lowest BCUT2D eigenvalue weighted by atomic mass is 9.22. The molecule has 0 nitrogen and oxygen atoms in total. The van der Waals surface area contributed by atoms with Gasteiger partial charge in [0, 0.05) is 66.8 Å². The maximum Gasteiger partial charge on any atom is 0.0286 e. The van der Waals surface area contributed by atoms with Gasteiger partial charge in [0.2, 0.25) is 0 Å². The lowest BCUT2D eigenvalue weighted by Gasteiger charge is -2.81. The molecule has 0 spiro atoms. The minimum atomic E-state index is -0.384. The van der Waals surface area contributed by atoms with Crippen LogP contribution in [0.3, 0.4) is 0 Å². The Balaban J connectivity index is 0.962. The summed E-state index contributed by atoms with van der Waals surface area (Å²) in [7, 11) is 0. The van der Waals surface area contributed by atoms with Gasteiger partial charge in [-0.25, -0.2) is 0 Å². The van der Waals surface area contributed by atoms with Crippen LogP contribution in [-0.4, -0.2) is 0 Å². The van der Waals surface area contributed by atoms with Crippen molar-refractivity contribution in [1.82, 2.24) is 0 Å². The molecule has 12 aromatic carbocycles. The van der Waals surface area contributed by atoms with Gasteiger partial charge in [-0.05, 0) is 263 Å². The average molecular weight is 1330 g/mol. The zero-order valence-electron chi connectivity index (χ0n) is 58.7. The second-order valence-electron chi connectivity index (χ2n) is 31.3. The Morgan fingerprint density at radius 3 is 0.423 bits per heavy atom. The van der Waals surface area contributed by atoms with Crippen LogP contribution in [0.25, 0.3) is 0 Å². The Kier molecular flexibility index (Phi) is 16.1. The van der Waals surface area contributed by atoms with E-state index in [0.717, 1.165) is 144 Å². The first-order valence-corrected chi connectivity index (χ1v) is 37.2. The highest BCUT2D eigenvalue weighted by Gasteiger charge is 2.80. The number of hydrogen-bond donors (Lipinski definition) is 0. The summed E-state index contributed by atoms with van der Waals surface area (Å²) < 4.78 is 0. The van der Waals surface area contributed by atoms with Crippen LogP contribution in [0, 0.1) is 81.9 Å². The average Bonchev–Trinajstić information content (AvgIpc) is 0.664. The molecule has 8 aliphatic carbocycles. The fourth-order valence-corrected chi connectivity index (χ4v) is 22.4. The zero-order chi connectivity index (χ0) is 69.5. The molecule has 8 fully saturated rings. The van der Waals surface area contributed by atoms with Crippen molar-refractivity contribution in [2.24, 2.45) is 10.8 Å². The largest absolute Gasteiger partial charge is 0.0622 e. The van der Waals surface area contributed by atoms with Crippen molar-refractivity contribution < 1.29 is 0 Å². The van der Waals surface area contributed by atoms with Crippen LogP contribution in [0.15, 0.2) is 328 Å². The first-order chi connectivity index (χ1) is 51.2. The monoisotopic (exact) mass is 1330 g/mol. The third-order valence-electron chi connectivity index (χ3n) is 24.9. The molecular weight excluding hydrogens is 1250 g/mol. The first kappa shape index (κ1) is 64.1. The fraction of sp³-hybridized carbons (Fsp3) is 0.192. The van der Waals surface area contributed by atoms with Crippen LogP contribution in [0.1, 0.15) is 177 Å². The van der Waals surface area contributed by atoms with Crippen LogP contribution in [-0.2, 0) is 32.5 Å². The SMILES string of the molecule is C(#Cc1ccccc1C12CC3(c4ccccc4C#Cc4ccccc4)CC(c4ccccc4C#Cc4ccccc4)(C1)CC(C14CC5(c6ccccc6C#Cc6ccccc6)CC(c6ccccc6C#Cc6ccccc6)(CC(c6ccccc6C#Cc6ccccc6)(C5)C1)C4)(C2)C3)c1ccccc1. The van der Waals surface area contributed by atoms with Gasteiger partial charge in [0.1, 0.15) is 0 Å². The Hall–Kier alpha value is -12.0. The van der Waals surface area contributed by atoms with Crippen LogP contribution in [0.5, 0.6) is 0 Å². The first-order valence-electron chi connectivity index (χ1n) is 37.2. The summed E-state index contributed by atoms with van der Waals surface area (Å²) in [6, 6.07) is 120. The van der Waals surface area contributed by atoms with Crippen molar-refractivity contribution in [3.05, 3.63) is 428 Å². The van der Waals surface area contributed by atoms with E-state index in [2.05, 4.69) is 399 Å². The van der Waals surface area contributed by atoms with Crippen molar-refractivity contribution in [3.63, 3.8) is 0 Å². The quantitative estimate of drug-likeness (QED) is 0.140. The molecule has 0 heterocycles. The van der Waals surface area contributed by atoms with Gasteiger partial charge in [-0.1, -0.05) is 289 Å². The molecule has 0 N–H and O–H groups in total. The number of benzene rings is 12. The van der Waals surface area contributed by atoms with Gasteiger partial charge in [-0.2, -0.15) is 0 Å². The van der Waals surface area contributed by atoms with Gasteiger partial charge in [0.25, 0.3) is 0 Å².